The van der Waals surface area contributed by atoms with Crippen molar-refractivity contribution >= 4 is 50.7 Å². The van der Waals surface area contributed by atoms with Crippen molar-refractivity contribution in [1.29, 1.82) is 0 Å². The Labute approximate surface area is 229 Å². The molecule has 0 heterocycles. The number of nitrogens with one attached hydrogen (secondary N) is 1. The van der Waals surface area contributed by atoms with Gasteiger partial charge in [-0.3, -0.25) is 13.9 Å². The van der Waals surface area contributed by atoms with Crippen LogP contribution in [-0.4, -0.2) is 56.6 Å². The molecule has 0 aliphatic carbocycles. The number of halogens is 2. The number of nitrogens with zero attached hydrogens (tertiary/aromatic N) is 2. The molecule has 0 bridgehead atoms. The average molecular weight is 573 g/mol. The van der Waals surface area contributed by atoms with Gasteiger partial charge in [-0.15, -0.1) is 0 Å². The minimum absolute atomic E-state index is 0.0648. The molecule has 0 spiro atoms. The summed E-state index contributed by atoms with van der Waals surface area (Å²) in [7, 11) is -3.84. The van der Waals surface area contributed by atoms with E-state index in [1.54, 1.807) is 49.4 Å². The Hall–Kier alpha value is -2.49. The van der Waals surface area contributed by atoms with E-state index >= 15 is 0 Å². The summed E-state index contributed by atoms with van der Waals surface area (Å²) in [6, 6.07) is 10.4. The first kappa shape index (κ1) is 30.7. The minimum Gasteiger partial charge on any atom is -0.494 e. The normalized spacial score (nSPS) is 12.9. The van der Waals surface area contributed by atoms with Gasteiger partial charge in [0.2, 0.25) is 21.8 Å². The molecule has 0 aliphatic rings. The Bertz CT molecular complexity index is 1150. The van der Waals surface area contributed by atoms with Crippen molar-refractivity contribution in [2.24, 2.45) is 0 Å². The van der Waals surface area contributed by atoms with Gasteiger partial charge in [0.15, 0.2) is 0 Å². The van der Waals surface area contributed by atoms with E-state index in [2.05, 4.69) is 5.32 Å². The molecule has 2 amide bonds. The molecule has 0 unspecified atom stereocenters. The van der Waals surface area contributed by atoms with Gasteiger partial charge in [-0.25, -0.2) is 8.42 Å². The second kappa shape index (κ2) is 13.9. The molecule has 0 radical (unpaired) electrons. The minimum atomic E-state index is -3.84. The summed E-state index contributed by atoms with van der Waals surface area (Å²) < 4.78 is 31.9. The number of amides is 2. The molecule has 0 fully saturated rings. The molecule has 2 aromatic rings. The molecule has 8 nitrogen and oxygen atoms in total. The van der Waals surface area contributed by atoms with Gasteiger partial charge in [-0.05, 0) is 63.1 Å². The molecule has 2 aromatic carbocycles. The maximum absolute atomic E-state index is 13.8. The van der Waals surface area contributed by atoms with Crippen molar-refractivity contribution in [3.63, 3.8) is 0 Å². The zero-order chi connectivity index (χ0) is 27.8. The smallest absolute Gasteiger partial charge is 0.244 e. The summed E-state index contributed by atoms with van der Waals surface area (Å²) in [5.41, 5.74) is 0.771. The third kappa shape index (κ3) is 8.51. The van der Waals surface area contributed by atoms with Crippen LogP contribution in [0.15, 0.2) is 42.5 Å². The van der Waals surface area contributed by atoms with Gasteiger partial charge in [0, 0.05) is 28.2 Å². The van der Waals surface area contributed by atoms with Crippen LogP contribution in [-0.2, 0) is 26.2 Å². The standard InChI is InChI=1S/C26H35Cl2N3O5S/c1-6-18(4)29-26(33)24(7-2)30(16-21-22(27)10-9-11-23(21)28)25(32)17-31(37(5,34)35)19-12-14-20(15-13-19)36-8-3/h9-15,18,24H,6-8,16-17H2,1-5H3,(H,29,33)/t18-,24-/m1/s1. The van der Waals surface area contributed by atoms with Crippen molar-refractivity contribution in [1.82, 2.24) is 10.2 Å². The molecule has 0 aliphatic heterocycles. The molecule has 2 atom stereocenters. The summed E-state index contributed by atoms with van der Waals surface area (Å²) in [5.74, 6) is -0.324. The summed E-state index contributed by atoms with van der Waals surface area (Å²) in [5, 5.41) is 3.60. The maximum Gasteiger partial charge on any atom is 0.244 e. The maximum atomic E-state index is 13.8. The summed E-state index contributed by atoms with van der Waals surface area (Å²) in [6.07, 6.45) is 2.04. The van der Waals surface area contributed by atoms with E-state index in [0.717, 1.165) is 10.6 Å². The first-order chi connectivity index (χ1) is 17.4. The van der Waals surface area contributed by atoms with Crippen molar-refractivity contribution in [3.05, 3.63) is 58.1 Å². The van der Waals surface area contributed by atoms with Crippen LogP contribution in [0.5, 0.6) is 5.75 Å². The van der Waals surface area contributed by atoms with Gasteiger partial charge in [0.05, 0.1) is 18.6 Å². The van der Waals surface area contributed by atoms with Gasteiger partial charge in [-0.2, -0.15) is 0 Å². The zero-order valence-electron chi connectivity index (χ0n) is 21.8. The van der Waals surface area contributed by atoms with Gasteiger partial charge in [0.1, 0.15) is 18.3 Å². The van der Waals surface area contributed by atoms with Crippen LogP contribution in [0, 0.1) is 0 Å². The van der Waals surface area contributed by atoms with Crippen LogP contribution in [0.2, 0.25) is 10.0 Å². The van der Waals surface area contributed by atoms with E-state index in [9.17, 15) is 18.0 Å². The van der Waals surface area contributed by atoms with E-state index in [-0.39, 0.29) is 18.5 Å². The van der Waals surface area contributed by atoms with Crippen LogP contribution < -0.4 is 14.4 Å². The van der Waals surface area contributed by atoms with E-state index in [4.69, 9.17) is 27.9 Å². The molecule has 0 saturated heterocycles. The fourth-order valence-corrected chi connectivity index (χ4v) is 5.07. The lowest BCUT2D eigenvalue weighted by Gasteiger charge is -2.33. The first-order valence-corrected chi connectivity index (χ1v) is 14.8. The highest BCUT2D eigenvalue weighted by atomic mass is 35.5. The summed E-state index contributed by atoms with van der Waals surface area (Å²) >= 11 is 12.8. The number of carbonyl (C=O) groups excluding carboxylic acids is 2. The third-order valence-corrected chi connectivity index (χ3v) is 7.74. The lowest BCUT2D eigenvalue weighted by Crippen LogP contribution is -2.53. The third-order valence-electron chi connectivity index (χ3n) is 5.89. The number of hydrogen-bond donors (Lipinski definition) is 1. The number of sulfonamides is 1. The Morgan fingerprint density at radius 3 is 2.08 bits per heavy atom. The van der Waals surface area contributed by atoms with E-state index in [1.807, 2.05) is 20.8 Å². The molecule has 37 heavy (non-hydrogen) atoms. The molecule has 0 aromatic heterocycles. The lowest BCUT2D eigenvalue weighted by molar-refractivity contribution is -0.140. The number of ether oxygens (including phenoxy) is 1. The van der Waals surface area contributed by atoms with Crippen LogP contribution in [0.4, 0.5) is 5.69 Å². The van der Waals surface area contributed by atoms with E-state index in [0.29, 0.717) is 46.5 Å². The topological polar surface area (TPSA) is 96.0 Å². The van der Waals surface area contributed by atoms with Crippen LogP contribution >= 0.6 is 23.2 Å². The van der Waals surface area contributed by atoms with Gasteiger partial charge in [-0.1, -0.05) is 43.1 Å². The second-order valence-corrected chi connectivity index (χ2v) is 11.4. The highest BCUT2D eigenvalue weighted by Crippen LogP contribution is 2.28. The molecule has 2 rings (SSSR count). The van der Waals surface area contributed by atoms with Gasteiger partial charge < -0.3 is 15.0 Å². The number of carbonyl (C=O) groups is 2. The fraction of sp³-hybridized carbons (Fsp3) is 0.462. The van der Waals surface area contributed by atoms with Gasteiger partial charge >= 0.3 is 0 Å². The number of hydrogen-bond acceptors (Lipinski definition) is 5. The van der Waals surface area contributed by atoms with Crippen LogP contribution in [0.1, 0.15) is 46.1 Å². The SMILES string of the molecule is CCOc1ccc(N(CC(=O)N(Cc2c(Cl)cccc2Cl)[C@H](CC)C(=O)N[C@H](C)CC)S(C)(=O)=O)cc1. The number of rotatable bonds is 13. The predicted octanol–water partition coefficient (Wildman–Crippen LogP) is 4.88. The largest absolute Gasteiger partial charge is 0.494 e. The fourth-order valence-electron chi connectivity index (χ4n) is 3.70. The Morgan fingerprint density at radius 1 is 1.00 bits per heavy atom. The van der Waals surface area contributed by atoms with Crippen LogP contribution in [0.3, 0.4) is 0 Å². The molecule has 204 valence electrons. The van der Waals surface area contributed by atoms with Crippen molar-refractivity contribution in [3.8, 4) is 5.75 Å². The molecule has 11 heteroatoms. The molecular weight excluding hydrogens is 537 g/mol. The second-order valence-electron chi connectivity index (χ2n) is 8.66. The lowest BCUT2D eigenvalue weighted by atomic mass is 10.1. The highest BCUT2D eigenvalue weighted by molar-refractivity contribution is 7.92. The number of benzene rings is 2. The first-order valence-electron chi connectivity index (χ1n) is 12.2. The summed E-state index contributed by atoms with van der Waals surface area (Å²) in [6.45, 7) is 7.34. The monoisotopic (exact) mass is 571 g/mol. The highest BCUT2D eigenvalue weighted by Gasteiger charge is 2.33. The predicted molar refractivity (Wildman–Crippen MR) is 149 cm³/mol. The number of anilines is 1. The molecular formula is C26H35Cl2N3O5S. The van der Waals surface area contributed by atoms with E-state index in [1.165, 1.54) is 4.90 Å². The Balaban J connectivity index is 2.48. The molecule has 0 saturated carbocycles. The van der Waals surface area contributed by atoms with Crippen molar-refractivity contribution < 1.29 is 22.7 Å². The summed E-state index contributed by atoms with van der Waals surface area (Å²) in [4.78, 5) is 28.3. The van der Waals surface area contributed by atoms with Crippen molar-refractivity contribution in [2.45, 2.75) is 59.2 Å². The van der Waals surface area contributed by atoms with Crippen LogP contribution in [0.25, 0.3) is 0 Å². The van der Waals surface area contributed by atoms with Crippen molar-refractivity contribution in [2.75, 3.05) is 23.7 Å². The Morgan fingerprint density at radius 2 is 1.59 bits per heavy atom. The average Bonchev–Trinajstić information content (AvgIpc) is 2.84. The zero-order valence-corrected chi connectivity index (χ0v) is 24.2. The van der Waals surface area contributed by atoms with E-state index < -0.39 is 28.5 Å². The molecule has 1 N–H and O–H groups in total. The Kier molecular flexibility index (Phi) is 11.5. The van der Waals surface area contributed by atoms with Gasteiger partial charge in [0.25, 0.3) is 0 Å². The quantitative estimate of drug-likeness (QED) is 0.369.